The monoisotopic (exact) mass is 350 g/mol. The van der Waals surface area contributed by atoms with E-state index in [0.717, 1.165) is 18.8 Å². The van der Waals surface area contributed by atoms with Crippen molar-refractivity contribution in [2.75, 3.05) is 26.2 Å². The molecular weight excluding hydrogens is 331 g/mol. The van der Waals surface area contributed by atoms with Gasteiger partial charge >= 0.3 is 0 Å². The molecule has 0 aliphatic carbocycles. The van der Waals surface area contributed by atoms with E-state index < -0.39 is 0 Å². The Morgan fingerprint density at radius 1 is 1.25 bits per heavy atom. The van der Waals surface area contributed by atoms with Crippen molar-refractivity contribution < 1.29 is 9.18 Å². The third kappa shape index (κ3) is 3.76. The maximum absolute atomic E-state index is 13.7. The van der Waals surface area contributed by atoms with E-state index in [0.29, 0.717) is 30.2 Å². The normalized spacial score (nSPS) is 15.7. The highest BCUT2D eigenvalue weighted by Crippen LogP contribution is 2.15. The van der Waals surface area contributed by atoms with Crippen LogP contribution in [0.5, 0.6) is 0 Å². The van der Waals surface area contributed by atoms with E-state index in [9.17, 15) is 9.18 Å². The smallest absolute Gasteiger partial charge is 0.244 e. The third-order valence-electron chi connectivity index (χ3n) is 4.41. The lowest BCUT2D eigenvalue weighted by atomic mass is 10.2. The van der Waals surface area contributed by atoms with Crippen molar-refractivity contribution in [3.05, 3.63) is 52.6 Å². The molecule has 1 saturated heterocycles. The van der Waals surface area contributed by atoms with Crippen LogP contribution in [-0.2, 0) is 17.9 Å². The third-order valence-corrected chi connectivity index (χ3v) is 4.78. The molecule has 24 heavy (non-hydrogen) atoms. The lowest BCUT2D eigenvalue weighted by molar-refractivity contribution is -0.133. The Balaban J connectivity index is 1.52. The Morgan fingerprint density at radius 3 is 2.58 bits per heavy atom. The molecule has 0 atom stereocenters. The molecule has 3 rings (SSSR count). The van der Waals surface area contributed by atoms with Crippen LogP contribution in [0.1, 0.15) is 11.3 Å². The van der Waals surface area contributed by atoms with E-state index in [-0.39, 0.29) is 18.3 Å². The van der Waals surface area contributed by atoms with Gasteiger partial charge in [-0.2, -0.15) is 5.10 Å². The molecule has 1 aromatic carbocycles. The maximum Gasteiger partial charge on any atom is 0.244 e. The quantitative estimate of drug-likeness (QED) is 0.849. The highest BCUT2D eigenvalue weighted by Gasteiger charge is 2.22. The average Bonchev–Trinajstić information content (AvgIpc) is 2.90. The lowest BCUT2D eigenvalue weighted by Crippen LogP contribution is -2.49. The number of hydrogen-bond donors (Lipinski definition) is 0. The summed E-state index contributed by atoms with van der Waals surface area (Å²) in [6.45, 7) is 5.36. The zero-order valence-electron chi connectivity index (χ0n) is 13.6. The van der Waals surface area contributed by atoms with Crippen molar-refractivity contribution in [3.8, 4) is 0 Å². The fraction of sp³-hybridized carbons (Fsp3) is 0.412. The number of carbonyl (C=O) groups excluding carboxylic acids is 1. The number of hydrogen-bond acceptors (Lipinski definition) is 3. The van der Waals surface area contributed by atoms with Gasteiger partial charge in [-0.05, 0) is 13.0 Å². The van der Waals surface area contributed by atoms with Gasteiger partial charge in [0.1, 0.15) is 12.4 Å². The molecule has 0 saturated carbocycles. The largest absolute Gasteiger partial charge is 0.339 e. The predicted octanol–water partition coefficient (Wildman–Crippen LogP) is 2.33. The minimum Gasteiger partial charge on any atom is -0.339 e. The van der Waals surface area contributed by atoms with Crippen LogP contribution in [0.4, 0.5) is 4.39 Å². The first kappa shape index (κ1) is 16.9. The highest BCUT2D eigenvalue weighted by atomic mass is 35.5. The number of rotatable bonds is 4. The Bertz CT molecular complexity index is 725. The van der Waals surface area contributed by atoms with E-state index in [1.54, 1.807) is 23.0 Å². The summed E-state index contributed by atoms with van der Waals surface area (Å²) < 4.78 is 15.3. The van der Waals surface area contributed by atoms with Crippen LogP contribution in [0, 0.1) is 12.7 Å². The van der Waals surface area contributed by atoms with Crippen LogP contribution >= 0.6 is 11.6 Å². The molecule has 1 aliphatic heterocycles. The summed E-state index contributed by atoms with van der Waals surface area (Å²) in [6.07, 6.45) is 1.55. The molecule has 1 amide bonds. The lowest BCUT2D eigenvalue weighted by Gasteiger charge is -2.34. The summed E-state index contributed by atoms with van der Waals surface area (Å²) >= 11 is 5.96. The van der Waals surface area contributed by atoms with Crippen LogP contribution in [0.25, 0.3) is 0 Å². The first-order valence-corrected chi connectivity index (χ1v) is 8.34. The molecule has 128 valence electrons. The molecule has 0 bridgehead atoms. The van der Waals surface area contributed by atoms with Crippen LogP contribution < -0.4 is 0 Å². The highest BCUT2D eigenvalue weighted by molar-refractivity contribution is 6.31. The van der Waals surface area contributed by atoms with Crippen LogP contribution in [0.2, 0.25) is 5.02 Å². The molecule has 7 heteroatoms. The number of amides is 1. The Morgan fingerprint density at radius 2 is 1.96 bits per heavy atom. The molecule has 0 unspecified atom stereocenters. The van der Waals surface area contributed by atoms with Crippen molar-refractivity contribution in [1.82, 2.24) is 19.6 Å². The number of aromatic nitrogens is 2. The first-order valence-electron chi connectivity index (χ1n) is 7.96. The second kappa shape index (κ2) is 7.32. The number of benzene rings is 1. The van der Waals surface area contributed by atoms with Crippen LogP contribution in [0.3, 0.4) is 0 Å². The van der Waals surface area contributed by atoms with Gasteiger partial charge in [0, 0.05) is 38.3 Å². The van der Waals surface area contributed by atoms with E-state index in [2.05, 4.69) is 10.00 Å². The van der Waals surface area contributed by atoms with Crippen molar-refractivity contribution in [2.24, 2.45) is 0 Å². The van der Waals surface area contributed by atoms with E-state index >= 15 is 0 Å². The minimum atomic E-state index is -0.179. The minimum absolute atomic E-state index is 0.0309. The first-order chi connectivity index (χ1) is 11.5. The molecule has 5 nitrogen and oxygen atoms in total. The van der Waals surface area contributed by atoms with Gasteiger partial charge < -0.3 is 4.90 Å². The average molecular weight is 351 g/mol. The van der Waals surface area contributed by atoms with Gasteiger partial charge in [-0.1, -0.05) is 29.8 Å². The van der Waals surface area contributed by atoms with Crippen molar-refractivity contribution in [1.29, 1.82) is 0 Å². The molecule has 1 aliphatic rings. The van der Waals surface area contributed by atoms with Gasteiger partial charge in [0.2, 0.25) is 5.91 Å². The number of piperazine rings is 1. The predicted molar refractivity (Wildman–Crippen MR) is 90.2 cm³/mol. The summed E-state index contributed by atoms with van der Waals surface area (Å²) in [4.78, 5) is 16.4. The zero-order chi connectivity index (χ0) is 17.1. The SMILES string of the molecule is Cc1c(Cl)cnn1CC(=O)N1CCN(Cc2ccccc2F)CC1. The fourth-order valence-corrected chi connectivity index (χ4v) is 2.98. The van der Waals surface area contributed by atoms with Gasteiger partial charge in [-0.15, -0.1) is 0 Å². The van der Waals surface area contributed by atoms with E-state index in [1.807, 2.05) is 17.9 Å². The van der Waals surface area contributed by atoms with Gasteiger partial charge in [-0.3, -0.25) is 14.4 Å². The zero-order valence-corrected chi connectivity index (χ0v) is 14.3. The Labute approximate surface area is 145 Å². The van der Waals surface area contributed by atoms with Gasteiger partial charge in [0.05, 0.1) is 16.9 Å². The van der Waals surface area contributed by atoms with Crippen molar-refractivity contribution in [2.45, 2.75) is 20.0 Å². The summed E-state index contributed by atoms with van der Waals surface area (Å²) in [6, 6.07) is 6.82. The summed E-state index contributed by atoms with van der Waals surface area (Å²) in [5.74, 6) is -0.148. The second-order valence-corrected chi connectivity index (χ2v) is 6.39. The molecule has 0 radical (unpaired) electrons. The number of halogens is 2. The van der Waals surface area contributed by atoms with Gasteiger partial charge in [-0.25, -0.2) is 4.39 Å². The van der Waals surface area contributed by atoms with E-state index in [4.69, 9.17) is 11.6 Å². The molecule has 2 aromatic rings. The fourth-order valence-electron chi connectivity index (χ4n) is 2.83. The Hall–Kier alpha value is -1.92. The van der Waals surface area contributed by atoms with Crippen molar-refractivity contribution in [3.63, 3.8) is 0 Å². The van der Waals surface area contributed by atoms with Crippen LogP contribution in [-0.4, -0.2) is 51.7 Å². The molecule has 0 N–H and O–H groups in total. The van der Waals surface area contributed by atoms with Crippen molar-refractivity contribution >= 4 is 17.5 Å². The molecule has 1 fully saturated rings. The topological polar surface area (TPSA) is 41.4 Å². The molecular formula is C17H20ClFN4O. The maximum atomic E-state index is 13.7. The number of nitrogens with zero attached hydrogens (tertiary/aromatic N) is 4. The van der Waals surface area contributed by atoms with Gasteiger partial charge in [0.25, 0.3) is 0 Å². The summed E-state index contributed by atoms with van der Waals surface area (Å²) in [7, 11) is 0. The summed E-state index contributed by atoms with van der Waals surface area (Å²) in [5, 5.41) is 4.68. The second-order valence-electron chi connectivity index (χ2n) is 5.98. The van der Waals surface area contributed by atoms with E-state index in [1.165, 1.54) is 6.07 Å². The Kier molecular flexibility index (Phi) is 5.16. The standard InChI is InChI=1S/C17H20ClFN4O/c1-13-15(18)10-20-23(13)12-17(24)22-8-6-21(7-9-22)11-14-4-2-3-5-16(14)19/h2-5,10H,6-9,11-12H2,1H3. The van der Waals surface area contributed by atoms with Gasteiger partial charge in [0.15, 0.2) is 0 Å². The van der Waals surface area contributed by atoms with Crippen LogP contribution in [0.15, 0.2) is 30.5 Å². The molecule has 2 heterocycles. The number of carbonyl (C=O) groups is 1. The summed E-state index contributed by atoms with van der Waals surface area (Å²) in [5.41, 5.74) is 1.49. The molecule has 0 spiro atoms. The molecule has 1 aromatic heterocycles.